The summed E-state index contributed by atoms with van der Waals surface area (Å²) in [6.45, 7) is 0. The van der Waals surface area contributed by atoms with Crippen molar-refractivity contribution in [3.8, 4) is 0 Å². The molecule has 0 saturated heterocycles. The summed E-state index contributed by atoms with van der Waals surface area (Å²) in [5.74, 6) is 0. The zero-order valence-electron chi connectivity index (χ0n) is 10.5. The molecule has 1 aromatic carbocycles. The Balaban J connectivity index is 2.49. The molecule has 6 heteroatoms. The summed E-state index contributed by atoms with van der Waals surface area (Å²) in [6, 6.07) is 7.06. The number of benzene rings is 1. The highest BCUT2D eigenvalue weighted by Crippen LogP contribution is 2.23. The van der Waals surface area contributed by atoms with Crippen molar-refractivity contribution in [3.63, 3.8) is 0 Å². The first kappa shape index (κ1) is 13.3. The van der Waals surface area contributed by atoms with Gasteiger partial charge in [0.05, 0.1) is 16.3 Å². The zero-order valence-corrected chi connectivity index (χ0v) is 11.3. The molecule has 98 valence electrons. The second-order valence-corrected chi connectivity index (χ2v) is 4.46. The van der Waals surface area contributed by atoms with Crippen LogP contribution in [0.25, 0.3) is 0 Å². The first-order valence-corrected chi connectivity index (χ1v) is 5.94. The molecule has 0 fully saturated rings. The Labute approximate surface area is 114 Å². The minimum absolute atomic E-state index is 0.324. The lowest BCUT2D eigenvalue weighted by molar-refractivity contribution is 0.684. The molecule has 0 aliphatic carbocycles. The van der Waals surface area contributed by atoms with Crippen LogP contribution in [0.5, 0.6) is 0 Å². The maximum atomic E-state index is 11.9. The molecule has 0 atom stereocenters. The predicted molar refractivity (Wildman–Crippen MR) is 75.6 cm³/mol. The van der Waals surface area contributed by atoms with Crippen LogP contribution in [0, 0.1) is 0 Å². The number of halogens is 1. The highest BCUT2D eigenvalue weighted by molar-refractivity contribution is 6.33. The fourth-order valence-electron chi connectivity index (χ4n) is 1.62. The van der Waals surface area contributed by atoms with E-state index >= 15 is 0 Å². The van der Waals surface area contributed by atoms with Crippen LogP contribution in [0.3, 0.4) is 0 Å². The number of aliphatic imine (C=N–C) groups is 1. The zero-order chi connectivity index (χ0) is 14.0. The molecule has 0 bridgehead atoms. The molecule has 1 heterocycles. The van der Waals surface area contributed by atoms with Crippen molar-refractivity contribution in [2.75, 3.05) is 0 Å². The summed E-state index contributed by atoms with van der Waals surface area (Å²) in [5.41, 5.74) is 0.128. The molecule has 0 aliphatic rings. The smallest absolute Gasteiger partial charge is 0.303 e. The Morgan fingerprint density at radius 3 is 2.58 bits per heavy atom. The van der Waals surface area contributed by atoms with Crippen LogP contribution in [-0.2, 0) is 14.1 Å². The largest absolute Gasteiger partial charge is 0.330 e. The minimum Gasteiger partial charge on any atom is -0.303 e. The van der Waals surface area contributed by atoms with Gasteiger partial charge in [-0.3, -0.25) is 14.4 Å². The van der Waals surface area contributed by atoms with Crippen LogP contribution in [-0.4, -0.2) is 15.3 Å². The number of hydrogen-bond acceptors (Lipinski definition) is 3. The first-order valence-electron chi connectivity index (χ1n) is 5.56. The van der Waals surface area contributed by atoms with Crippen molar-refractivity contribution in [2.45, 2.75) is 0 Å². The number of hydrogen-bond donors (Lipinski definition) is 0. The molecule has 1 aromatic heterocycles. The summed E-state index contributed by atoms with van der Waals surface area (Å²) in [5, 5.41) is 0.500. The van der Waals surface area contributed by atoms with Crippen molar-refractivity contribution in [3.05, 3.63) is 61.9 Å². The Morgan fingerprint density at radius 1 is 1.21 bits per heavy atom. The third-order valence-corrected chi connectivity index (χ3v) is 2.99. The van der Waals surface area contributed by atoms with Crippen LogP contribution >= 0.6 is 11.6 Å². The van der Waals surface area contributed by atoms with E-state index in [1.807, 2.05) is 0 Å². The highest BCUT2D eigenvalue weighted by atomic mass is 35.5. The lowest BCUT2D eigenvalue weighted by Crippen LogP contribution is -2.38. The lowest BCUT2D eigenvalue weighted by atomic mass is 10.3. The summed E-state index contributed by atoms with van der Waals surface area (Å²) in [7, 11) is 3.01. The van der Waals surface area contributed by atoms with Gasteiger partial charge in [0.2, 0.25) is 0 Å². The first-order chi connectivity index (χ1) is 9.00. The number of rotatable bonds is 2. The van der Waals surface area contributed by atoms with Gasteiger partial charge in [-0.2, -0.15) is 0 Å². The van der Waals surface area contributed by atoms with E-state index in [-0.39, 0.29) is 11.2 Å². The molecule has 0 radical (unpaired) electrons. The summed E-state index contributed by atoms with van der Waals surface area (Å²) in [6.07, 6.45) is 2.86. The average molecular weight is 278 g/mol. The van der Waals surface area contributed by atoms with Gasteiger partial charge in [0.1, 0.15) is 0 Å². The normalized spacial score (nSPS) is 11.1. The predicted octanol–water partition coefficient (Wildman–Crippen LogP) is 1.49. The van der Waals surface area contributed by atoms with Gasteiger partial charge in [0, 0.05) is 26.5 Å². The highest BCUT2D eigenvalue weighted by Gasteiger charge is 2.04. The van der Waals surface area contributed by atoms with Gasteiger partial charge in [0.25, 0.3) is 5.56 Å². The van der Waals surface area contributed by atoms with E-state index in [4.69, 9.17) is 11.6 Å². The molecule has 0 saturated carbocycles. The molecule has 0 N–H and O–H groups in total. The number of para-hydroxylation sites is 1. The van der Waals surface area contributed by atoms with Gasteiger partial charge in [-0.25, -0.2) is 4.79 Å². The van der Waals surface area contributed by atoms with Gasteiger partial charge in [0.15, 0.2) is 0 Å². The Kier molecular flexibility index (Phi) is 3.66. The topological polar surface area (TPSA) is 56.4 Å². The van der Waals surface area contributed by atoms with Gasteiger partial charge < -0.3 is 4.57 Å². The van der Waals surface area contributed by atoms with Crippen LogP contribution in [0.4, 0.5) is 5.69 Å². The second kappa shape index (κ2) is 5.24. The Bertz CT molecular complexity index is 759. The fraction of sp³-hybridized carbons (Fsp3) is 0.154. The van der Waals surface area contributed by atoms with E-state index in [0.29, 0.717) is 16.3 Å². The van der Waals surface area contributed by atoms with Crippen LogP contribution in [0.15, 0.2) is 45.0 Å². The summed E-state index contributed by atoms with van der Waals surface area (Å²) in [4.78, 5) is 27.6. The van der Waals surface area contributed by atoms with Crippen LogP contribution in [0.2, 0.25) is 5.02 Å². The molecule has 0 spiro atoms. The quantitative estimate of drug-likeness (QED) is 0.781. The van der Waals surface area contributed by atoms with E-state index in [9.17, 15) is 9.59 Å². The van der Waals surface area contributed by atoms with Crippen LogP contribution < -0.4 is 11.2 Å². The minimum atomic E-state index is -0.390. The van der Waals surface area contributed by atoms with Gasteiger partial charge >= 0.3 is 5.69 Å². The summed E-state index contributed by atoms with van der Waals surface area (Å²) < 4.78 is 2.36. The SMILES string of the molecule is Cn1cc(C=Nc2ccccc2Cl)c(=O)n(C)c1=O. The van der Waals surface area contributed by atoms with E-state index in [2.05, 4.69) is 4.99 Å². The Morgan fingerprint density at radius 2 is 1.89 bits per heavy atom. The standard InChI is InChI=1S/C13H12ClN3O2/c1-16-8-9(12(18)17(2)13(16)19)7-15-11-6-4-3-5-10(11)14/h3-8H,1-2H3. The fourth-order valence-corrected chi connectivity index (χ4v) is 1.80. The van der Waals surface area contributed by atoms with Gasteiger partial charge in [-0.1, -0.05) is 23.7 Å². The van der Waals surface area contributed by atoms with Crippen molar-refractivity contribution < 1.29 is 0 Å². The van der Waals surface area contributed by atoms with E-state index < -0.39 is 0 Å². The monoisotopic (exact) mass is 277 g/mol. The summed E-state index contributed by atoms with van der Waals surface area (Å²) >= 11 is 5.97. The molecule has 19 heavy (non-hydrogen) atoms. The lowest BCUT2D eigenvalue weighted by Gasteiger charge is -2.03. The van der Waals surface area contributed by atoms with Gasteiger partial charge in [-0.15, -0.1) is 0 Å². The Hall–Kier alpha value is -2.14. The van der Waals surface area contributed by atoms with E-state index in [0.717, 1.165) is 4.57 Å². The van der Waals surface area contributed by atoms with Gasteiger partial charge in [-0.05, 0) is 12.1 Å². The van der Waals surface area contributed by atoms with Crippen molar-refractivity contribution in [1.82, 2.24) is 9.13 Å². The van der Waals surface area contributed by atoms with E-state index in [1.165, 1.54) is 24.0 Å². The molecule has 0 unspecified atom stereocenters. The third-order valence-electron chi connectivity index (χ3n) is 2.67. The average Bonchev–Trinajstić information content (AvgIpc) is 2.40. The maximum Gasteiger partial charge on any atom is 0.330 e. The number of aryl methyl sites for hydroxylation is 1. The van der Waals surface area contributed by atoms with Crippen molar-refractivity contribution in [1.29, 1.82) is 0 Å². The molecule has 0 aliphatic heterocycles. The molecular weight excluding hydrogens is 266 g/mol. The molecule has 2 aromatic rings. The molecular formula is C13H12ClN3O2. The molecule has 2 rings (SSSR count). The molecule has 0 amide bonds. The third kappa shape index (κ3) is 2.66. The number of nitrogens with zero attached hydrogens (tertiary/aromatic N) is 3. The van der Waals surface area contributed by atoms with Crippen molar-refractivity contribution in [2.24, 2.45) is 19.1 Å². The maximum absolute atomic E-state index is 11.9. The molecule has 5 nitrogen and oxygen atoms in total. The van der Waals surface area contributed by atoms with Crippen molar-refractivity contribution >= 4 is 23.5 Å². The second-order valence-electron chi connectivity index (χ2n) is 4.05. The number of aromatic nitrogens is 2. The van der Waals surface area contributed by atoms with Crippen LogP contribution in [0.1, 0.15) is 5.56 Å². The van der Waals surface area contributed by atoms with E-state index in [1.54, 1.807) is 31.3 Å².